The smallest absolute Gasteiger partial charge is 0.407 e. The van der Waals surface area contributed by atoms with Crippen LogP contribution in [0.25, 0.3) is 0 Å². The summed E-state index contributed by atoms with van der Waals surface area (Å²) in [6.45, 7) is 12.4. The molecule has 0 aliphatic rings. The molecule has 0 spiro atoms. The highest BCUT2D eigenvalue weighted by molar-refractivity contribution is 14.0. The third kappa shape index (κ3) is 10.4. The molecule has 0 fully saturated rings. The van der Waals surface area contributed by atoms with Crippen LogP contribution in [0.4, 0.5) is 4.79 Å². The number of halogens is 1. The predicted molar refractivity (Wildman–Crippen MR) is 130 cm³/mol. The van der Waals surface area contributed by atoms with Crippen LogP contribution in [0.1, 0.15) is 67.5 Å². The molecule has 0 radical (unpaired) electrons. The van der Waals surface area contributed by atoms with Crippen molar-refractivity contribution < 1.29 is 19.1 Å². The van der Waals surface area contributed by atoms with Gasteiger partial charge in [-0.25, -0.2) is 14.6 Å². The highest BCUT2D eigenvalue weighted by Gasteiger charge is 2.20. The molecule has 0 saturated heterocycles. The van der Waals surface area contributed by atoms with E-state index in [0.717, 1.165) is 5.01 Å². The van der Waals surface area contributed by atoms with Crippen molar-refractivity contribution in [1.29, 1.82) is 0 Å². The molecular weight excluding hydrogens is 521 g/mol. The maximum Gasteiger partial charge on any atom is 0.407 e. The Labute approximate surface area is 199 Å². The second kappa shape index (κ2) is 13.6. The third-order valence-electron chi connectivity index (χ3n) is 3.54. The minimum absolute atomic E-state index is 0. The number of hydrogen-bond acceptors (Lipinski definition) is 7. The van der Waals surface area contributed by atoms with Gasteiger partial charge < -0.3 is 25.4 Å². The molecule has 0 bridgehead atoms. The lowest BCUT2D eigenvalue weighted by Gasteiger charge is -2.20. The molecule has 1 aromatic heterocycles. The number of thiazole rings is 1. The van der Waals surface area contributed by atoms with Crippen LogP contribution in [-0.4, -0.2) is 55.4 Å². The number of guanidine groups is 1. The zero-order valence-electron chi connectivity index (χ0n) is 18.7. The first kappa shape index (κ1) is 28.4. The second-order valence-corrected chi connectivity index (χ2v) is 8.36. The van der Waals surface area contributed by atoms with Gasteiger partial charge >= 0.3 is 12.1 Å². The van der Waals surface area contributed by atoms with E-state index in [1.165, 1.54) is 11.3 Å². The molecule has 1 heterocycles. The van der Waals surface area contributed by atoms with Gasteiger partial charge in [0.15, 0.2) is 5.96 Å². The number of nitrogens with one attached hydrogen (secondary N) is 3. The maximum absolute atomic E-state index is 12.0. The number of nitrogens with zero attached hydrogens (tertiary/aromatic N) is 2. The van der Waals surface area contributed by atoms with Crippen LogP contribution in [0.2, 0.25) is 0 Å². The van der Waals surface area contributed by atoms with Crippen LogP contribution in [0.3, 0.4) is 0 Å². The summed E-state index contributed by atoms with van der Waals surface area (Å²) in [5.74, 6) is 0.265. The quantitative estimate of drug-likeness (QED) is 0.148. The fourth-order valence-electron chi connectivity index (χ4n) is 2.25. The van der Waals surface area contributed by atoms with Crippen LogP contribution in [0.15, 0.2) is 4.99 Å². The zero-order valence-corrected chi connectivity index (χ0v) is 21.9. The largest absolute Gasteiger partial charge is 0.462 e. The van der Waals surface area contributed by atoms with E-state index in [1.54, 1.807) is 20.9 Å². The topological polar surface area (TPSA) is 114 Å². The fourth-order valence-corrected chi connectivity index (χ4v) is 3.21. The van der Waals surface area contributed by atoms with Gasteiger partial charge in [-0.3, -0.25) is 4.99 Å². The monoisotopic (exact) mass is 555 g/mol. The van der Waals surface area contributed by atoms with Crippen molar-refractivity contribution in [3.63, 3.8) is 0 Å². The first-order valence-electron chi connectivity index (χ1n) is 9.65. The molecule has 9 nitrogen and oxygen atoms in total. The highest BCUT2D eigenvalue weighted by Crippen LogP contribution is 2.24. The van der Waals surface area contributed by atoms with E-state index in [2.05, 4.69) is 25.9 Å². The van der Waals surface area contributed by atoms with Gasteiger partial charge in [0.25, 0.3) is 0 Å². The van der Waals surface area contributed by atoms with Crippen molar-refractivity contribution in [3.8, 4) is 0 Å². The second-order valence-electron chi connectivity index (χ2n) is 7.33. The Kier molecular flexibility index (Phi) is 12.9. The van der Waals surface area contributed by atoms with Gasteiger partial charge in [0.2, 0.25) is 0 Å². The number of esters is 1. The number of alkyl carbamates (subject to hydrolysis) is 1. The number of amides is 1. The van der Waals surface area contributed by atoms with Crippen molar-refractivity contribution in [2.45, 2.75) is 59.6 Å². The van der Waals surface area contributed by atoms with E-state index < -0.39 is 11.7 Å². The van der Waals surface area contributed by atoms with Gasteiger partial charge in [-0.2, -0.15) is 0 Å². The van der Waals surface area contributed by atoms with Gasteiger partial charge in [0.1, 0.15) is 15.5 Å². The normalized spacial score (nSPS) is 12.4. The number of rotatable bonds is 8. The van der Waals surface area contributed by atoms with Gasteiger partial charge in [-0.15, -0.1) is 35.3 Å². The van der Waals surface area contributed by atoms with Crippen LogP contribution in [-0.2, 0) is 9.47 Å². The fraction of sp³-hybridized carbons (Fsp3) is 0.684. The van der Waals surface area contributed by atoms with Gasteiger partial charge in [0, 0.05) is 20.1 Å². The molecule has 0 saturated carbocycles. The maximum atomic E-state index is 12.0. The number of carbonyl (C=O) groups excluding carboxylic acids is 2. The molecule has 1 unspecified atom stereocenters. The average molecular weight is 555 g/mol. The summed E-state index contributed by atoms with van der Waals surface area (Å²) in [5, 5.41) is 9.93. The molecule has 1 atom stereocenters. The van der Waals surface area contributed by atoms with E-state index in [1.807, 2.05) is 27.7 Å². The van der Waals surface area contributed by atoms with E-state index in [4.69, 9.17) is 9.47 Å². The van der Waals surface area contributed by atoms with Gasteiger partial charge in [-0.1, -0.05) is 0 Å². The SMILES string of the molecule is CCOC(=O)c1sc(C(C)NC(=NC)NCCCNC(=O)OC(C)(C)C)nc1C.I. The highest BCUT2D eigenvalue weighted by atomic mass is 127. The minimum Gasteiger partial charge on any atom is -0.462 e. The molecule has 11 heteroatoms. The molecular formula is C19H34IN5O4S. The molecule has 1 aromatic rings. The number of carbonyl (C=O) groups is 2. The van der Waals surface area contributed by atoms with Gasteiger partial charge in [0.05, 0.1) is 18.3 Å². The van der Waals surface area contributed by atoms with Crippen LogP contribution >= 0.6 is 35.3 Å². The van der Waals surface area contributed by atoms with E-state index >= 15 is 0 Å². The van der Waals surface area contributed by atoms with E-state index in [9.17, 15) is 9.59 Å². The molecule has 0 aliphatic carbocycles. The number of ether oxygens (including phenoxy) is 2. The lowest BCUT2D eigenvalue weighted by Crippen LogP contribution is -2.40. The Bertz CT molecular complexity index is 718. The van der Waals surface area contributed by atoms with Crippen molar-refractivity contribution in [2.75, 3.05) is 26.7 Å². The number of hydrogen-bond donors (Lipinski definition) is 3. The van der Waals surface area contributed by atoms with E-state index in [0.29, 0.717) is 42.6 Å². The summed E-state index contributed by atoms with van der Waals surface area (Å²) in [5.41, 5.74) is 0.152. The summed E-state index contributed by atoms with van der Waals surface area (Å²) in [6, 6.07) is -0.132. The first-order valence-corrected chi connectivity index (χ1v) is 10.5. The molecule has 3 N–H and O–H groups in total. The Balaban J connectivity index is 0.00000841. The van der Waals surface area contributed by atoms with Crippen molar-refractivity contribution in [1.82, 2.24) is 20.9 Å². The summed E-state index contributed by atoms with van der Waals surface area (Å²) in [4.78, 5) is 32.8. The van der Waals surface area contributed by atoms with Crippen molar-refractivity contribution >= 4 is 53.3 Å². The van der Waals surface area contributed by atoms with Crippen LogP contribution in [0, 0.1) is 6.92 Å². The van der Waals surface area contributed by atoms with Gasteiger partial charge in [-0.05, 0) is 48.0 Å². The number of aromatic nitrogens is 1. The zero-order chi connectivity index (χ0) is 22.0. The Hall–Kier alpha value is -1.63. The third-order valence-corrected chi connectivity index (χ3v) is 4.86. The van der Waals surface area contributed by atoms with Crippen molar-refractivity contribution in [2.24, 2.45) is 4.99 Å². The van der Waals surface area contributed by atoms with Crippen molar-refractivity contribution in [3.05, 3.63) is 15.6 Å². The average Bonchev–Trinajstić information content (AvgIpc) is 3.01. The summed E-state index contributed by atoms with van der Waals surface area (Å²) in [6.07, 6.45) is 0.280. The molecule has 1 rings (SSSR count). The Morgan fingerprint density at radius 2 is 1.87 bits per heavy atom. The van der Waals surface area contributed by atoms with Crippen LogP contribution in [0.5, 0.6) is 0 Å². The first-order chi connectivity index (χ1) is 13.6. The minimum atomic E-state index is -0.508. The number of aryl methyl sites for hydroxylation is 1. The summed E-state index contributed by atoms with van der Waals surface area (Å²) < 4.78 is 10.2. The molecule has 0 aliphatic heterocycles. The Morgan fingerprint density at radius 3 is 2.43 bits per heavy atom. The van der Waals surface area contributed by atoms with Crippen LogP contribution < -0.4 is 16.0 Å². The summed E-state index contributed by atoms with van der Waals surface area (Å²) in [7, 11) is 1.68. The predicted octanol–water partition coefficient (Wildman–Crippen LogP) is 3.39. The van der Waals surface area contributed by atoms with E-state index in [-0.39, 0.29) is 36.0 Å². The summed E-state index contributed by atoms with van der Waals surface area (Å²) >= 11 is 1.32. The Morgan fingerprint density at radius 1 is 1.23 bits per heavy atom. The lowest BCUT2D eigenvalue weighted by molar-refractivity contribution is 0.0518. The molecule has 172 valence electrons. The molecule has 0 aromatic carbocycles. The molecule has 1 amide bonds. The molecule has 30 heavy (non-hydrogen) atoms. The lowest BCUT2D eigenvalue weighted by atomic mass is 10.2. The number of aliphatic imine (C=N–C) groups is 1. The standard InChI is InChI=1S/C19H33N5O4S.HI/c1-8-27-16(25)14-12(2)23-15(29-14)13(3)24-17(20-7)21-10-9-11-22-18(26)28-19(4,5)6;/h13H,8-11H2,1-7H3,(H,22,26)(H2,20,21,24);1H.